The third kappa shape index (κ3) is 5.41. The van der Waals surface area contributed by atoms with Gasteiger partial charge in [0.1, 0.15) is 35.5 Å². The second-order valence-corrected chi connectivity index (χ2v) is 9.78. The van der Waals surface area contributed by atoms with Crippen molar-refractivity contribution >= 4 is 21.9 Å². The van der Waals surface area contributed by atoms with Gasteiger partial charge in [-0.15, -0.1) is 0 Å². The maximum Gasteiger partial charge on any atom is 0.343 e. The highest BCUT2D eigenvalue weighted by molar-refractivity contribution is 9.10. The van der Waals surface area contributed by atoms with Crippen LogP contribution >= 0.6 is 15.9 Å². The fraction of sp³-hybridized carbons (Fsp3) is 0.0968. The van der Waals surface area contributed by atoms with E-state index in [1.807, 2.05) is 55.5 Å². The Labute approximate surface area is 229 Å². The predicted molar refractivity (Wildman–Crippen MR) is 147 cm³/mol. The van der Waals surface area contributed by atoms with Gasteiger partial charge in [0.05, 0.1) is 11.5 Å². The average molecular weight is 567 g/mol. The van der Waals surface area contributed by atoms with E-state index in [0.717, 1.165) is 21.2 Å². The molecule has 1 atom stereocenters. The number of carbonyl (C=O) groups excluding carboxylic acids is 1. The van der Waals surface area contributed by atoms with Crippen LogP contribution in [0.1, 0.15) is 38.5 Å². The summed E-state index contributed by atoms with van der Waals surface area (Å²) in [7, 11) is 0. The van der Waals surface area contributed by atoms with Gasteiger partial charge in [-0.05, 0) is 60.5 Å². The Bertz CT molecular complexity index is 1570. The van der Waals surface area contributed by atoms with E-state index >= 15 is 0 Å². The molecule has 1 unspecified atom stereocenters. The molecule has 1 aliphatic rings. The second kappa shape index (κ2) is 10.8. The highest BCUT2D eigenvalue weighted by atomic mass is 79.9. The number of nitrogens with zero attached hydrogens (tertiary/aromatic N) is 1. The number of fused-ring (bicyclic) bond motifs is 1. The number of halogens is 1. The SMILES string of the molecule is Cc1ccc(COc2cccc(C3C(C#N)=C(N)Oc4cc(OC(=O)c5ccc(Br)cc5)ccc43)c2)cc1. The highest BCUT2D eigenvalue weighted by Gasteiger charge is 2.31. The molecule has 7 heteroatoms. The van der Waals surface area contributed by atoms with E-state index in [2.05, 4.69) is 22.0 Å². The largest absolute Gasteiger partial charge is 0.489 e. The van der Waals surface area contributed by atoms with Crippen molar-refractivity contribution in [3.63, 3.8) is 0 Å². The minimum atomic E-state index is -0.496. The van der Waals surface area contributed by atoms with Gasteiger partial charge in [0, 0.05) is 16.1 Å². The summed E-state index contributed by atoms with van der Waals surface area (Å²) >= 11 is 3.35. The van der Waals surface area contributed by atoms with Crippen LogP contribution < -0.4 is 19.9 Å². The topological polar surface area (TPSA) is 94.6 Å². The van der Waals surface area contributed by atoms with Crippen LogP contribution in [0.5, 0.6) is 17.2 Å². The van der Waals surface area contributed by atoms with Gasteiger partial charge < -0.3 is 19.9 Å². The molecule has 0 saturated carbocycles. The molecule has 0 fully saturated rings. The van der Waals surface area contributed by atoms with Gasteiger partial charge in [0.2, 0.25) is 5.88 Å². The maximum atomic E-state index is 12.6. The second-order valence-electron chi connectivity index (χ2n) is 8.87. The molecular formula is C31H23BrN2O4. The molecule has 2 N–H and O–H groups in total. The Hall–Kier alpha value is -4.54. The first-order valence-corrected chi connectivity index (χ1v) is 12.7. The molecule has 0 spiro atoms. The lowest BCUT2D eigenvalue weighted by Gasteiger charge is -2.27. The van der Waals surface area contributed by atoms with Gasteiger partial charge in [-0.25, -0.2) is 4.79 Å². The van der Waals surface area contributed by atoms with Crippen LogP contribution in [0.25, 0.3) is 0 Å². The monoisotopic (exact) mass is 566 g/mol. The van der Waals surface area contributed by atoms with Crippen LogP contribution in [0, 0.1) is 18.3 Å². The molecule has 4 aromatic rings. The number of allylic oxidation sites excluding steroid dienone is 1. The molecule has 4 aromatic carbocycles. The molecule has 0 radical (unpaired) electrons. The van der Waals surface area contributed by atoms with E-state index in [1.54, 1.807) is 42.5 Å². The van der Waals surface area contributed by atoms with E-state index in [0.29, 0.717) is 35.0 Å². The number of aryl methyl sites for hydroxylation is 1. The van der Waals surface area contributed by atoms with Crippen LogP contribution in [-0.2, 0) is 6.61 Å². The summed E-state index contributed by atoms with van der Waals surface area (Å²) in [6.45, 7) is 2.46. The van der Waals surface area contributed by atoms with Crippen molar-refractivity contribution in [3.8, 4) is 23.3 Å². The van der Waals surface area contributed by atoms with Gasteiger partial charge in [0.25, 0.3) is 0 Å². The van der Waals surface area contributed by atoms with Gasteiger partial charge in [-0.2, -0.15) is 5.26 Å². The van der Waals surface area contributed by atoms with E-state index in [-0.39, 0.29) is 5.88 Å². The van der Waals surface area contributed by atoms with E-state index in [4.69, 9.17) is 19.9 Å². The van der Waals surface area contributed by atoms with Crippen molar-refractivity contribution in [1.82, 2.24) is 0 Å². The number of ether oxygens (including phenoxy) is 3. The number of nitriles is 1. The number of rotatable bonds is 6. The summed E-state index contributed by atoms with van der Waals surface area (Å²) in [6.07, 6.45) is 0. The number of hydrogen-bond donors (Lipinski definition) is 1. The number of carbonyl (C=O) groups is 1. The summed E-state index contributed by atoms with van der Waals surface area (Å²) < 4.78 is 18.2. The first-order chi connectivity index (χ1) is 18.4. The minimum Gasteiger partial charge on any atom is -0.489 e. The third-order valence-electron chi connectivity index (χ3n) is 6.20. The fourth-order valence-electron chi connectivity index (χ4n) is 4.23. The summed E-state index contributed by atoms with van der Waals surface area (Å²) in [6, 6.07) is 29.9. The van der Waals surface area contributed by atoms with E-state index in [1.165, 1.54) is 5.56 Å². The zero-order chi connectivity index (χ0) is 26.6. The summed E-state index contributed by atoms with van der Waals surface area (Å²) in [5.74, 6) is 0.434. The Balaban J connectivity index is 1.41. The maximum absolute atomic E-state index is 12.6. The average Bonchev–Trinajstić information content (AvgIpc) is 2.92. The van der Waals surface area contributed by atoms with Crippen LogP contribution in [0.3, 0.4) is 0 Å². The van der Waals surface area contributed by atoms with Crippen LogP contribution in [0.15, 0.2) is 107 Å². The van der Waals surface area contributed by atoms with Gasteiger partial charge >= 0.3 is 5.97 Å². The van der Waals surface area contributed by atoms with Crippen LogP contribution in [-0.4, -0.2) is 5.97 Å². The zero-order valence-corrected chi connectivity index (χ0v) is 22.1. The lowest BCUT2D eigenvalue weighted by atomic mass is 9.83. The molecule has 0 aliphatic carbocycles. The van der Waals surface area contributed by atoms with Crippen molar-refractivity contribution in [2.24, 2.45) is 5.73 Å². The Morgan fingerprint density at radius 2 is 1.76 bits per heavy atom. The summed E-state index contributed by atoms with van der Waals surface area (Å²) in [5.41, 5.74) is 10.7. The lowest BCUT2D eigenvalue weighted by molar-refractivity contribution is 0.0734. The van der Waals surface area contributed by atoms with Crippen molar-refractivity contribution in [2.45, 2.75) is 19.4 Å². The van der Waals surface area contributed by atoms with Crippen molar-refractivity contribution in [1.29, 1.82) is 5.26 Å². The molecule has 6 nitrogen and oxygen atoms in total. The standard InChI is InChI=1S/C31H23BrN2O4/c1-19-5-7-20(8-6-19)18-36-24-4-2-3-22(15-24)29-26-14-13-25(16-28(26)38-30(34)27(29)17-33)37-31(35)21-9-11-23(32)12-10-21/h2-16,29H,18,34H2,1H3. The predicted octanol–water partition coefficient (Wildman–Crippen LogP) is 6.77. The lowest BCUT2D eigenvalue weighted by Crippen LogP contribution is -2.21. The van der Waals surface area contributed by atoms with Gasteiger partial charge in [-0.1, -0.05) is 64.0 Å². The molecular weight excluding hydrogens is 544 g/mol. The number of nitrogens with two attached hydrogens (primary N) is 1. The Morgan fingerprint density at radius 1 is 1.00 bits per heavy atom. The van der Waals surface area contributed by atoms with Gasteiger partial charge in [0.15, 0.2) is 0 Å². The molecule has 5 rings (SSSR count). The fourth-order valence-corrected chi connectivity index (χ4v) is 4.49. The molecule has 0 aromatic heterocycles. The number of benzene rings is 4. The molecule has 0 bridgehead atoms. The number of esters is 1. The molecule has 0 saturated heterocycles. The minimum absolute atomic E-state index is 0.00682. The Kier molecular flexibility index (Phi) is 7.16. The van der Waals surface area contributed by atoms with E-state index < -0.39 is 11.9 Å². The highest BCUT2D eigenvalue weighted by Crippen LogP contribution is 2.44. The summed E-state index contributed by atoms with van der Waals surface area (Å²) in [4.78, 5) is 12.6. The van der Waals surface area contributed by atoms with Crippen molar-refractivity contribution in [3.05, 3.63) is 135 Å². The quantitative estimate of drug-likeness (QED) is 0.204. The molecule has 1 aliphatic heterocycles. The van der Waals surface area contributed by atoms with E-state index in [9.17, 15) is 10.1 Å². The first kappa shape index (κ1) is 25.1. The molecule has 0 amide bonds. The smallest absolute Gasteiger partial charge is 0.343 e. The third-order valence-corrected chi connectivity index (χ3v) is 6.73. The molecule has 1 heterocycles. The van der Waals surface area contributed by atoms with Crippen molar-refractivity contribution in [2.75, 3.05) is 0 Å². The number of hydrogen-bond acceptors (Lipinski definition) is 6. The molecule has 38 heavy (non-hydrogen) atoms. The Morgan fingerprint density at radius 3 is 2.50 bits per heavy atom. The zero-order valence-electron chi connectivity index (χ0n) is 20.5. The van der Waals surface area contributed by atoms with Gasteiger partial charge in [-0.3, -0.25) is 0 Å². The summed E-state index contributed by atoms with van der Waals surface area (Å²) in [5, 5.41) is 9.91. The first-order valence-electron chi connectivity index (χ1n) is 11.9. The molecule has 188 valence electrons. The normalized spacial score (nSPS) is 14.2. The van der Waals surface area contributed by atoms with Crippen LogP contribution in [0.2, 0.25) is 0 Å². The van der Waals surface area contributed by atoms with Crippen molar-refractivity contribution < 1.29 is 19.0 Å². The van der Waals surface area contributed by atoms with Crippen LogP contribution in [0.4, 0.5) is 0 Å².